The van der Waals surface area contributed by atoms with Crippen LogP contribution in [-0.2, 0) is 0 Å². The van der Waals surface area contributed by atoms with Crippen LogP contribution in [0, 0.1) is 6.92 Å². The molecule has 1 aromatic carbocycles. The molecule has 3 rings (SSSR count). The number of aliphatic hydroxyl groups excluding tert-OH is 1. The SMILES string of the molecule is Cc1ccc(C(O)c2cccc3c2OCCO3)s1. The van der Waals surface area contributed by atoms with Gasteiger partial charge in [0.2, 0.25) is 0 Å². The number of fused-ring (bicyclic) bond motifs is 1. The Morgan fingerprint density at radius 1 is 1.17 bits per heavy atom. The van der Waals surface area contributed by atoms with Gasteiger partial charge in [0.1, 0.15) is 19.3 Å². The van der Waals surface area contributed by atoms with Crippen molar-refractivity contribution in [1.29, 1.82) is 0 Å². The minimum absolute atomic E-state index is 0.528. The molecule has 1 unspecified atom stereocenters. The predicted octanol–water partition coefficient (Wildman–Crippen LogP) is 2.91. The molecule has 2 heterocycles. The van der Waals surface area contributed by atoms with Crippen molar-refractivity contribution < 1.29 is 14.6 Å². The molecule has 18 heavy (non-hydrogen) atoms. The van der Waals surface area contributed by atoms with E-state index in [-0.39, 0.29) is 0 Å². The third-order valence-electron chi connectivity index (χ3n) is 2.92. The van der Waals surface area contributed by atoms with Crippen molar-refractivity contribution >= 4 is 11.3 Å². The molecular weight excluding hydrogens is 248 g/mol. The number of hydrogen-bond donors (Lipinski definition) is 1. The summed E-state index contributed by atoms with van der Waals surface area (Å²) in [5.41, 5.74) is 0.772. The second-order valence-electron chi connectivity index (χ2n) is 4.22. The molecule has 94 valence electrons. The first kappa shape index (κ1) is 11.6. The molecule has 0 amide bonds. The van der Waals surface area contributed by atoms with Gasteiger partial charge in [-0.05, 0) is 25.1 Å². The first-order valence-corrected chi connectivity index (χ1v) is 6.70. The zero-order valence-corrected chi connectivity index (χ0v) is 10.9. The van der Waals surface area contributed by atoms with Crippen molar-refractivity contribution in [2.24, 2.45) is 0 Å². The average Bonchev–Trinajstić information content (AvgIpc) is 2.84. The Morgan fingerprint density at radius 3 is 2.78 bits per heavy atom. The Labute approximate surface area is 110 Å². The number of para-hydroxylation sites is 1. The summed E-state index contributed by atoms with van der Waals surface area (Å²) in [4.78, 5) is 2.11. The number of aryl methyl sites for hydroxylation is 1. The van der Waals surface area contributed by atoms with Crippen LogP contribution in [0.3, 0.4) is 0 Å². The van der Waals surface area contributed by atoms with Gasteiger partial charge in [0.25, 0.3) is 0 Å². The quantitative estimate of drug-likeness (QED) is 0.904. The van der Waals surface area contributed by atoms with Gasteiger partial charge >= 0.3 is 0 Å². The van der Waals surface area contributed by atoms with Crippen LogP contribution < -0.4 is 9.47 Å². The summed E-state index contributed by atoms with van der Waals surface area (Å²) in [6.45, 7) is 3.12. The van der Waals surface area contributed by atoms with Crippen LogP contribution in [0.4, 0.5) is 0 Å². The van der Waals surface area contributed by atoms with Crippen molar-refractivity contribution in [3.8, 4) is 11.5 Å². The summed E-state index contributed by atoms with van der Waals surface area (Å²) in [5, 5.41) is 10.4. The van der Waals surface area contributed by atoms with Gasteiger partial charge in [-0.3, -0.25) is 0 Å². The number of hydrogen-bond acceptors (Lipinski definition) is 4. The Morgan fingerprint density at radius 2 is 2.00 bits per heavy atom. The van der Waals surface area contributed by atoms with E-state index in [1.54, 1.807) is 11.3 Å². The third-order valence-corrected chi connectivity index (χ3v) is 3.97. The molecule has 1 N–H and O–H groups in total. The van der Waals surface area contributed by atoms with Crippen molar-refractivity contribution in [3.05, 3.63) is 45.6 Å². The lowest BCUT2D eigenvalue weighted by Crippen LogP contribution is -2.17. The Kier molecular flexibility index (Phi) is 2.97. The molecule has 1 aliphatic rings. The Hall–Kier alpha value is -1.52. The van der Waals surface area contributed by atoms with Crippen molar-refractivity contribution in [1.82, 2.24) is 0 Å². The molecule has 1 aliphatic heterocycles. The van der Waals surface area contributed by atoms with E-state index >= 15 is 0 Å². The Bertz CT molecular complexity index is 562. The molecule has 0 spiro atoms. The smallest absolute Gasteiger partial charge is 0.167 e. The van der Waals surface area contributed by atoms with E-state index in [2.05, 4.69) is 0 Å². The highest BCUT2D eigenvalue weighted by Crippen LogP contribution is 2.40. The van der Waals surface area contributed by atoms with Gasteiger partial charge in [-0.15, -0.1) is 11.3 Å². The summed E-state index contributed by atoms with van der Waals surface area (Å²) >= 11 is 1.59. The molecule has 1 aromatic heterocycles. The van der Waals surface area contributed by atoms with Crippen LogP contribution in [0.25, 0.3) is 0 Å². The monoisotopic (exact) mass is 262 g/mol. The second-order valence-corrected chi connectivity index (χ2v) is 5.54. The van der Waals surface area contributed by atoms with E-state index in [4.69, 9.17) is 9.47 Å². The molecule has 0 saturated carbocycles. The molecule has 0 fully saturated rings. The highest BCUT2D eigenvalue weighted by molar-refractivity contribution is 7.12. The minimum atomic E-state index is -0.652. The van der Waals surface area contributed by atoms with Gasteiger partial charge in [-0.2, -0.15) is 0 Å². The summed E-state index contributed by atoms with van der Waals surface area (Å²) in [6, 6.07) is 9.59. The van der Waals surface area contributed by atoms with Crippen LogP contribution in [0.5, 0.6) is 11.5 Å². The van der Waals surface area contributed by atoms with Crippen molar-refractivity contribution in [2.75, 3.05) is 13.2 Å². The minimum Gasteiger partial charge on any atom is -0.486 e. The average molecular weight is 262 g/mol. The van der Waals surface area contributed by atoms with Crippen LogP contribution in [-0.4, -0.2) is 18.3 Å². The maximum atomic E-state index is 10.4. The molecule has 1 atom stereocenters. The maximum Gasteiger partial charge on any atom is 0.167 e. The summed E-state index contributed by atoms with van der Waals surface area (Å²) < 4.78 is 11.1. The van der Waals surface area contributed by atoms with Gasteiger partial charge in [0.15, 0.2) is 11.5 Å². The summed E-state index contributed by atoms with van der Waals surface area (Å²) in [5.74, 6) is 1.38. The van der Waals surface area contributed by atoms with Crippen LogP contribution >= 0.6 is 11.3 Å². The van der Waals surface area contributed by atoms with E-state index in [0.717, 1.165) is 10.4 Å². The fourth-order valence-corrected chi connectivity index (χ4v) is 2.95. The second kappa shape index (κ2) is 4.63. The Balaban J connectivity index is 2.01. The van der Waals surface area contributed by atoms with Gasteiger partial charge in [-0.25, -0.2) is 0 Å². The van der Waals surface area contributed by atoms with E-state index in [1.165, 1.54) is 4.88 Å². The topological polar surface area (TPSA) is 38.7 Å². The first-order valence-electron chi connectivity index (χ1n) is 5.88. The van der Waals surface area contributed by atoms with E-state index in [0.29, 0.717) is 24.7 Å². The van der Waals surface area contributed by atoms with Gasteiger partial charge in [0, 0.05) is 15.3 Å². The molecular formula is C14H14O3S. The summed E-state index contributed by atoms with van der Waals surface area (Å²) in [6.07, 6.45) is -0.652. The van der Waals surface area contributed by atoms with Crippen LogP contribution in [0.15, 0.2) is 30.3 Å². The highest BCUT2D eigenvalue weighted by atomic mass is 32.1. The fraction of sp³-hybridized carbons (Fsp3) is 0.286. The highest BCUT2D eigenvalue weighted by Gasteiger charge is 2.22. The molecule has 0 bridgehead atoms. The van der Waals surface area contributed by atoms with E-state index in [9.17, 15) is 5.11 Å². The zero-order chi connectivity index (χ0) is 12.5. The van der Waals surface area contributed by atoms with Crippen molar-refractivity contribution in [2.45, 2.75) is 13.0 Å². The largest absolute Gasteiger partial charge is 0.486 e. The molecule has 0 radical (unpaired) electrons. The molecule has 0 aliphatic carbocycles. The molecule has 4 heteroatoms. The number of rotatable bonds is 2. The van der Waals surface area contributed by atoms with Gasteiger partial charge in [0.05, 0.1) is 0 Å². The number of aliphatic hydroxyl groups is 1. The third kappa shape index (κ3) is 1.98. The van der Waals surface area contributed by atoms with E-state index < -0.39 is 6.10 Å². The summed E-state index contributed by atoms with van der Waals surface area (Å²) in [7, 11) is 0. The molecule has 3 nitrogen and oxygen atoms in total. The van der Waals surface area contributed by atoms with E-state index in [1.807, 2.05) is 37.3 Å². The lowest BCUT2D eigenvalue weighted by Gasteiger charge is -2.22. The van der Waals surface area contributed by atoms with Crippen LogP contribution in [0.2, 0.25) is 0 Å². The fourth-order valence-electron chi connectivity index (χ4n) is 2.07. The maximum absolute atomic E-state index is 10.4. The molecule has 2 aromatic rings. The van der Waals surface area contributed by atoms with Gasteiger partial charge in [-0.1, -0.05) is 12.1 Å². The van der Waals surface area contributed by atoms with Gasteiger partial charge < -0.3 is 14.6 Å². The molecule has 0 saturated heterocycles. The lowest BCUT2D eigenvalue weighted by molar-refractivity contribution is 0.159. The standard InChI is InChI=1S/C14H14O3S/c1-9-5-6-12(18-9)13(15)10-3-2-4-11-14(10)17-8-7-16-11/h2-6,13,15H,7-8H2,1H3. The number of ether oxygens (including phenoxy) is 2. The van der Waals surface area contributed by atoms with Crippen molar-refractivity contribution in [3.63, 3.8) is 0 Å². The number of thiophene rings is 1. The normalized spacial score (nSPS) is 15.4. The first-order chi connectivity index (χ1) is 8.75. The lowest BCUT2D eigenvalue weighted by atomic mass is 10.1. The zero-order valence-electron chi connectivity index (χ0n) is 10.1. The predicted molar refractivity (Wildman–Crippen MR) is 70.5 cm³/mol. The number of benzene rings is 1. The van der Waals surface area contributed by atoms with Crippen LogP contribution in [0.1, 0.15) is 21.4 Å².